The van der Waals surface area contributed by atoms with E-state index in [9.17, 15) is 0 Å². The summed E-state index contributed by atoms with van der Waals surface area (Å²) in [5, 5.41) is 1.37. The van der Waals surface area contributed by atoms with Crippen LogP contribution in [-0.4, -0.2) is 15.3 Å². The predicted octanol–water partition coefficient (Wildman–Crippen LogP) is 6.29. The van der Waals surface area contributed by atoms with Crippen LogP contribution < -0.4 is 0 Å². The van der Waals surface area contributed by atoms with Gasteiger partial charge in [0.2, 0.25) is 0 Å². The van der Waals surface area contributed by atoms with Gasteiger partial charge in [0.1, 0.15) is 0 Å². The minimum Gasteiger partial charge on any atom is -0.341 e. The van der Waals surface area contributed by atoms with Crippen molar-refractivity contribution in [2.45, 2.75) is 31.2 Å². The maximum atomic E-state index is 4.11. The van der Waals surface area contributed by atoms with E-state index in [1.165, 1.54) is 32.6 Å². The molecule has 2 aromatic heterocycles. The Balaban J connectivity index is 1.67. The summed E-state index contributed by atoms with van der Waals surface area (Å²) in [7, 11) is 0. The summed E-state index contributed by atoms with van der Waals surface area (Å²) in [4.78, 5) is 5.38. The average molecular weight is 373 g/mol. The molecule has 2 heterocycles. The smallest absolute Gasteiger partial charge is 0.0488 e. The van der Waals surface area contributed by atoms with E-state index < -0.39 is 0 Å². The lowest BCUT2D eigenvalue weighted by molar-refractivity contribution is 0.614. The van der Waals surface area contributed by atoms with Crippen molar-refractivity contribution in [1.29, 1.82) is 0 Å². The largest absolute Gasteiger partial charge is 0.341 e. The number of para-hydroxylation sites is 1. The summed E-state index contributed by atoms with van der Waals surface area (Å²) in [5.74, 6) is 1.04. The maximum absolute atomic E-state index is 4.11. The van der Waals surface area contributed by atoms with Gasteiger partial charge in [0.15, 0.2) is 0 Å². The van der Waals surface area contributed by atoms with Crippen LogP contribution in [0.15, 0.2) is 84.0 Å². The van der Waals surface area contributed by atoms with Crippen molar-refractivity contribution >= 4 is 22.7 Å². The van der Waals surface area contributed by atoms with E-state index in [0.29, 0.717) is 6.04 Å². The van der Waals surface area contributed by atoms with Crippen LogP contribution in [0.25, 0.3) is 10.9 Å². The van der Waals surface area contributed by atoms with Gasteiger partial charge in [-0.15, -0.1) is 11.8 Å². The highest BCUT2D eigenvalue weighted by atomic mass is 32.2. The molecule has 0 amide bonds. The molecular weight excluding hydrogens is 348 g/mol. The summed E-state index contributed by atoms with van der Waals surface area (Å²) < 4.78 is 2.52. The summed E-state index contributed by atoms with van der Waals surface area (Å²) in [5.41, 5.74) is 5.52. The molecule has 2 nitrogen and oxygen atoms in total. The van der Waals surface area contributed by atoms with Gasteiger partial charge in [-0.1, -0.05) is 48.5 Å². The topological polar surface area (TPSA) is 17.8 Å². The lowest BCUT2D eigenvalue weighted by atomic mass is 10.0. The zero-order valence-electron chi connectivity index (χ0n) is 15.8. The number of fused-ring (bicyclic) bond motifs is 1. The van der Waals surface area contributed by atoms with Crippen molar-refractivity contribution in [1.82, 2.24) is 9.55 Å². The van der Waals surface area contributed by atoms with E-state index >= 15 is 0 Å². The number of thioether (sulfide) groups is 1. The lowest BCUT2D eigenvalue weighted by Gasteiger charge is -2.18. The van der Waals surface area contributed by atoms with Crippen LogP contribution in [0, 0.1) is 6.92 Å². The fraction of sp³-hybridized carbons (Fsp3) is 0.208. The van der Waals surface area contributed by atoms with Crippen molar-refractivity contribution in [2.24, 2.45) is 0 Å². The summed E-state index contributed by atoms with van der Waals surface area (Å²) >= 11 is 1.89. The van der Waals surface area contributed by atoms with Crippen LogP contribution >= 0.6 is 11.8 Å². The zero-order valence-corrected chi connectivity index (χ0v) is 16.6. The molecule has 0 aliphatic rings. The number of pyridine rings is 1. The maximum Gasteiger partial charge on any atom is 0.0488 e. The van der Waals surface area contributed by atoms with Gasteiger partial charge in [0, 0.05) is 45.7 Å². The number of aromatic nitrogens is 2. The molecule has 3 heteroatoms. The van der Waals surface area contributed by atoms with E-state index in [4.69, 9.17) is 0 Å². The number of rotatable bonds is 6. The Hall–Kier alpha value is -2.52. The second-order valence-electron chi connectivity index (χ2n) is 6.96. The molecule has 0 aliphatic heterocycles. The highest BCUT2D eigenvalue weighted by molar-refractivity contribution is 7.99. The fourth-order valence-corrected chi connectivity index (χ4v) is 4.67. The molecule has 0 fully saturated rings. The first-order chi connectivity index (χ1) is 13.2. The van der Waals surface area contributed by atoms with Crippen molar-refractivity contribution < 1.29 is 0 Å². The molecule has 2 aromatic carbocycles. The molecule has 4 rings (SSSR count). The molecule has 0 spiro atoms. The van der Waals surface area contributed by atoms with Gasteiger partial charge < -0.3 is 4.57 Å². The van der Waals surface area contributed by atoms with Crippen LogP contribution in [0.1, 0.15) is 29.8 Å². The van der Waals surface area contributed by atoms with Crippen LogP contribution in [0.4, 0.5) is 0 Å². The van der Waals surface area contributed by atoms with Gasteiger partial charge in [0.05, 0.1) is 0 Å². The number of nitrogens with zero attached hydrogens (tertiary/aromatic N) is 2. The Kier molecular flexibility index (Phi) is 5.30. The molecule has 0 aliphatic carbocycles. The molecule has 1 unspecified atom stereocenters. The standard InChI is InChI=1S/C24H24N2S/c1-18(17-27-21-12-14-25-15-13-21)26-19(2)23(16-20-8-4-3-5-9-20)22-10-6-7-11-24(22)26/h3-15,18H,16-17H2,1-2H3. The van der Waals surface area contributed by atoms with E-state index in [2.05, 4.69) is 90.1 Å². The normalized spacial score (nSPS) is 12.4. The van der Waals surface area contributed by atoms with Gasteiger partial charge in [-0.05, 0) is 49.6 Å². The van der Waals surface area contributed by atoms with Crippen molar-refractivity contribution in [2.75, 3.05) is 5.75 Å². The van der Waals surface area contributed by atoms with E-state index in [-0.39, 0.29) is 0 Å². The molecule has 27 heavy (non-hydrogen) atoms. The van der Waals surface area contributed by atoms with Gasteiger partial charge in [-0.3, -0.25) is 4.98 Å². The van der Waals surface area contributed by atoms with E-state index in [1.54, 1.807) is 0 Å². The minimum atomic E-state index is 0.414. The number of hydrogen-bond donors (Lipinski definition) is 0. The van der Waals surface area contributed by atoms with Gasteiger partial charge in [-0.2, -0.15) is 0 Å². The van der Waals surface area contributed by atoms with Crippen molar-refractivity contribution in [3.05, 3.63) is 95.9 Å². The predicted molar refractivity (Wildman–Crippen MR) is 116 cm³/mol. The third kappa shape index (κ3) is 3.79. The Bertz CT molecular complexity index is 1020. The lowest BCUT2D eigenvalue weighted by Crippen LogP contribution is -2.09. The molecule has 0 saturated heterocycles. The van der Waals surface area contributed by atoms with Gasteiger partial charge in [0.25, 0.3) is 0 Å². The molecule has 0 N–H and O–H groups in total. The molecule has 0 radical (unpaired) electrons. The first-order valence-corrected chi connectivity index (χ1v) is 10.4. The van der Waals surface area contributed by atoms with Crippen LogP contribution in [0.5, 0.6) is 0 Å². The van der Waals surface area contributed by atoms with Crippen LogP contribution in [-0.2, 0) is 6.42 Å². The second kappa shape index (κ2) is 8.01. The quantitative estimate of drug-likeness (QED) is 0.370. The second-order valence-corrected chi connectivity index (χ2v) is 8.05. The molecule has 0 saturated carbocycles. The Morgan fingerprint density at radius 3 is 2.41 bits per heavy atom. The number of hydrogen-bond acceptors (Lipinski definition) is 2. The summed E-state index contributed by atoms with van der Waals surface area (Å²) in [6.45, 7) is 4.59. The summed E-state index contributed by atoms with van der Waals surface area (Å²) in [6.07, 6.45) is 4.70. The molecular formula is C24H24N2S. The molecule has 136 valence electrons. The van der Waals surface area contributed by atoms with E-state index in [0.717, 1.165) is 12.2 Å². The average Bonchev–Trinajstić information content (AvgIpc) is 2.99. The Morgan fingerprint density at radius 1 is 0.926 bits per heavy atom. The highest BCUT2D eigenvalue weighted by Gasteiger charge is 2.18. The van der Waals surface area contributed by atoms with Crippen molar-refractivity contribution in [3.63, 3.8) is 0 Å². The highest BCUT2D eigenvalue weighted by Crippen LogP contribution is 2.33. The first kappa shape index (κ1) is 17.9. The first-order valence-electron chi connectivity index (χ1n) is 9.39. The molecule has 1 atom stereocenters. The van der Waals surface area contributed by atoms with Gasteiger partial charge in [-0.25, -0.2) is 0 Å². The van der Waals surface area contributed by atoms with Gasteiger partial charge >= 0.3 is 0 Å². The minimum absolute atomic E-state index is 0.414. The third-order valence-electron chi connectivity index (χ3n) is 5.09. The fourth-order valence-electron chi connectivity index (χ4n) is 3.78. The summed E-state index contributed by atoms with van der Waals surface area (Å²) in [6, 6.07) is 24.2. The van der Waals surface area contributed by atoms with E-state index in [1.807, 2.05) is 24.2 Å². The SMILES string of the molecule is Cc1c(Cc2ccccc2)c2ccccc2n1C(C)CSc1ccncc1. The third-order valence-corrected chi connectivity index (χ3v) is 6.35. The zero-order chi connectivity index (χ0) is 18.6. The van der Waals surface area contributed by atoms with Crippen LogP contribution in [0.2, 0.25) is 0 Å². The molecule has 0 bridgehead atoms. The van der Waals surface area contributed by atoms with Crippen LogP contribution in [0.3, 0.4) is 0 Å². The Morgan fingerprint density at radius 2 is 1.63 bits per heavy atom. The Labute approximate surface area is 165 Å². The monoisotopic (exact) mass is 372 g/mol. The number of benzene rings is 2. The molecule has 4 aromatic rings. The van der Waals surface area contributed by atoms with Crippen molar-refractivity contribution in [3.8, 4) is 0 Å².